The van der Waals surface area contributed by atoms with Crippen molar-refractivity contribution >= 4 is 11.4 Å². The third-order valence-electron chi connectivity index (χ3n) is 3.68. The van der Waals surface area contributed by atoms with Gasteiger partial charge in [0, 0.05) is 24.7 Å². The zero-order chi connectivity index (χ0) is 14.6. The number of ether oxygens (including phenoxy) is 1. The lowest BCUT2D eigenvalue weighted by Gasteiger charge is -2.37. The van der Waals surface area contributed by atoms with E-state index in [9.17, 15) is 4.39 Å². The molecule has 0 aliphatic carbocycles. The Hall–Kier alpha value is -1.45. The van der Waals surface area contributed by atoms with E-state index >= 15 is 0 Å². The Labute approximate surface area is 115 Å². The summed E-state index contributed by atoms with van der Waals surface area (Å²) < 4.78 is 19.2. The molecule has 0 heterocycles. The molecule has 0 aromatic heterocycles. The van der Waals surface area contributed by atoms with Crippen LogP contribution < -0.4 is 15.4 Å². The molecule has 0 saturated carbocycles. The van der Waals surface area contributed by atoms with Crippen LogP contribution in [0.2, 0.25) is 0 Å². The van der Waals surface area contributed by atoms with Gasteiger partial charge in [-0.25, -0.2) is 4.39 Å². The van der Waals surface area contributed by atoms with Crippen LogP contribution >= 0.6 is 0 Å². The van der Waals surface area contributed by atoms with E-state index in [2.05, 4.69) is 25.7 Å². The maximum absolute atomic E-state index is 13.8. The van der Waals surface area contributed by atoms with Gasteiger partial charge in [0.05, 0.1) is 18.0 Å². The predicted octanol–water partition coefficient (Wildman–Crippen LogP) is 3.82. The van der Waals surface area contributed by atoms with Crippen LogP contribution in [0.15, 0.2) is 12.1 Å². The van der Waals surface area contributed by atoms with Gasteiger partial charge in [0.1, 0.15) is 0 Å². The summed E-state index contributed by atoms with van der Waals surface area (Å²) in [6.07, 6.45) is 1.81. The summed E-state index contributed by atoms with van der Waals surface area (Å²) in [5.41, 5.74) is 7.13. The molecule has 0 bridgehead atoms. The molecule has 0 atom stereocenters. The molecule has 2 N–H and O–H groups in total. The number of nitrogens with zero attached hydrogens (tertiary/aromatic N) is 1. The molecule has 0 unspecified atom stereocenters. The topological polar surface area (TPSA) is 38.5 Å². The molecule has 108 valence electrons. The minimum atomic E-state index is -0.405. The summed E-state index contributed by atoms with van der Waals surface area (Å²) in [5, 5.41) is 0. The van der Waals surface area contributed by atoms with Gasteiger partial charge < -0.3 is 15.4 Å². The van der Waals surface area contributed by atoms with E-state index in [0.29, 0.717) is 12.3 Å². The molecule has 0 aliphatic heterocycles. The Bertz CT molecular complexity index is 432. The summed E-state index contributed by atoms with van der Waals surface area (Å²) >= 11 is 0. The van der Waals surface area contributed by atoms with Crippen LogP contribution in [0.5, 0.6) is 5.75 Å². The fourth-order valence-electron chi connectivity index (χ4n) is 1.73. The highest BCUT2D eigenvalue weighted by Gasteiger charge is 2.24. The van der Waals surface area contributed by atoms with Gasteiger partial charge in [0.2, 0.25) is 0 Å². The van der Waals surface area contributed by atoms with E-state index < -0.39 is 5.82 Å². The predicted molar refractivity (Wildman–Crippen MR) is 79.4 cm³/mol. The molecule has 0 amide bonds. The molecule has 0 radical (unpaired) electrons. The van der Waals surface area contributed by atoms with E-state index in [0.717, 1.165) is 18.5 Å². The number of hydrogen-bond donors (Lipinski definition) is 1. The molecule has 3 nitrogen and oxygen atoms in total. The number of benzene rings is 1. The summed E-state index contributed by atoms with van der Waals surface area (Å²) in [6, 6.07) is 3.03. The number of rotatable bonds is 6. The van der Waals surface area contributed by atoms with Gasteiger partial charge in [-0.15, -0.1) is 0 Å². The summed E-state index contributed by atoms with van der Waals surface area (Å²) in [5.74, 6) is -0.137. The highest BCUT2D eigenvalue weighted by atomic mass is 19.1. The van der Waals surface area contributed by atoms with Crippen molar-refractivity contribution in [3.05, 3.63) is 17.9 Å². The summed E-state index contributed by atoms with van der Waals surface area (Å²) in [7, 11) is 1.97. The monoisotopic (exact) mass is 268 g/mol. The first-order chi connectivity index (χ1) is 8.83. The fraction of sp³-hybridized carbons (Fsp3) is 0.600. The largest absolute Gasteiger partial charge is 0.490 e. The first kappa shape index (κ1) is 15.6. The second-order valence-electron chi connectivity index (χ2n) is 5.41. The van der Waals surface area contributed by atoms with Crippen LogP contribution in [-0.4, -0.2) is 19.2 Å². The van der Waals surface area contributed by atoms with E-state index in [4.69, 9.17) is 10.5 Å². The molecule has 0 fully saturated rings. The number of nitrogen functional groups attached to an aromatic ring is 1. The highest BCUT2D eigenvalue weighted by Crippen LogP contribution is 2.34. The number of hydrogen-bond acceptors (Lipinski definition) is 3. The lowest BCUT2D eigenvalue weighted by atomic mass is 9.98. The smallest absolute Gasteiger partial charge is 0.167 e. The third-order valence-corrected chi connectivity index (χ3v) is 3.68. The van der Waals surface area contributed by atoms with Crippen LogP contribution in [0.1, 0.15) is 40.5 Å². The zero-order valence-corrected chi connectivity index (χ0v) is 12.6. The molecule has 1 rings (SSSR count). The van der Waals surface area contributed by atoms with E-state index in [1.165, 1.54) is 6.07 Å². The summed E-state index contributed by atoms with van der Waals surface area (Å²) in [6.45, 7) is 8.86. The quantitative estimate of drug-likeness (QED) is 0.797. The van der Waals surface area contributed by atoms with Crippen molar-refractivity contribution in [1.29, 1.82) is 0 Å². The lowest BCUT2D eigenvalue weighted by molar-refractivity contribution is 0.301. The molecule has 19 heavy (non-hydrogen) atoms. The van der Waals surface area contributed by atoms with Crippen molar-refractivity contribution in [1.82, 2.24) is 0 Å². The molecule has 1 aromatic rings. The van der Waals surface area contributed by atoms with Gasteiger partial charge in [0.15, 0.2) is 11.6 Å². The average molecular weight is 268 g/mol. The fourth-order valence-corrected chi connectivity index (χ4v) is 1.73. The molecular weight excluding hydrogens is 243 g/mol. The number of anilines is 2. The minimum absolute atomic E-state index is 0.0476. The zero-order valence-electron chi connectivity index (χ0n) is 12.6. The van der Waals surface area contributed by atoms with Gasteiger partial charge in [-0.2, -0.15) is 0 Å². The number of halogens is 1. The van der Waals surface area contributed by atoms with Crippen LogP contribution in [0.3, 0.4) is 0 Å². The molecule has 4 heteroatoms. The summed E-state index contributed by atoms with van der Waals surface area (Å²) in [4.78, 5) is 2.07. The van der Waals surface area contributed by atoms with Crippen molar-refractivity contribution in [3.8, 4) is 5.75 Å². The van der Waals surface area contributed by atoms with Gasteiger partial charge in [0.25, 0.3) is 0 Å². The van der Waals surface area contributed by atoms with Crippen molar-refractivity contribution in [2.75, 3.05) is 24.3 Å². The maximum Gasteiger partial charge on any atom is 0.167 e. The third kappa shape index (κ3) is 3.52. The molecular formula is C15H25FN2O. The van der Waals surface area contributed by atoms with Crippen molar-refractivity contribution in [2.24, 2.45) is 0 Å². The van der Waals surface area contributed by atoms with E-state index in [1.54, 1.807) is 6.07 Å². The van der Waals surface area contributed by atoms with E-state index in [-0.39, 0.29) is 11.3 Å². The van der Waals surface area contributed by atoms with Crippen molar-refractivity contribution in [2.45, 2.75) is 46.1 Å². The average Bonchev–Trinajstić information content (AvgIpc) is 2.37. The number of nitrogens with two attached hydrogens (primary N) is 1. The van der Waals surface area contributed by atoms with Crippen LogP contribution in [0.4, 0.5) is 15.8 Å². The molecule has 1 aromatic carbocycles. The Morgan fingerprint density at radius 1 is 1.32 bits per heavy atom. The van der Waals surface area contributed by atoms with Crippen LogP contribution in [-0.2, 0) is 0 Å². The first-order valence-electron chi connectivity index (χ1n) is 6.79. The normalized spacial score (nSPS) is 11.5. The van der Waals surface area contributed by atoms with Gasteiger partial charge in [-0.3, -0.25) is 0 Å². The Morgan fingerprint density at radius 2 is 1.95 bits per heavy atom. The Balaban J connectivity index is 3.13. The maximum atomic E-state index is 13.8. The highest BCUT2D eigenvalue weighted by molar-refractivity contribution is 5.70. The van der Waals surface area contributed by atoms with Crippen molar-refractivity contribution < 1.29 is 9.13 Å². The Kier molecular flexibility index (Phi) is 5.04. The SMILES string of the molecule is CCCOc1cc(N(C)C(C)(C)CC)c(N)cc1F. The molecule has 0 spiro atoms. The van der Waals surface area contributed by atoms with Gasteiger partial charge in [-0.1, -0.05) is 13.8 Å². The van der Waals surface area contributed by atoms with Gasteiger partial charge >= 0.3 is 0 Å². The molecule has 0 saturated heterocycles. The van der Waals surface area contributed by atoms with Crippen LogP contribution in [0.25, 0.3) is 0 Å². The van der Waals surface area contributed by atoms with E-state index in [1.807, 2.05) is 14.0 Å². The van der Waals surface area contributed by atoms with Crippen LogP contribution in [0, 0.1) is 5.82 Å². The molecule has 0 aliphatic rings. The minimum Gasteiger partial charge on any atom is -0.490 e. The lowest BCUT2D eigenvalue weighted by Crippen LogP contribution is -2.40. The first-order valence-corrected chi connectivity index (χ1v) is 6.79. The van der Waals surface area contributed by atoms with Gasteiger partial charge in [-0.05, 0) is 26.7 Å². The second kappa shape index (κ2) is 6.13. The van der Waals surface area contributed by atoms with Crippen molar-refractivity contribution in [3.63, 3.8) is 0 Å². The Morgan fingerprint density at radius 3 is 2.47 bits per heavy atom. The standard InChI is InChI=1S/C15H25FN2O/c1-6-8-19-14-10-13(12(17)9-11(14)16)18(5)15(3,4)7-2/h9-10H,6-8,17H2,1-5H3. The second-order valence-corrected chi connectivity index (χ2v) is 5.41.